The maximum Gasteiger partial charge on any atom is 0.307 e. The summed E-state index contributed by atoms with van der Waals surface area (Å²) in [5.74, 6) is -1.99. The molecule has 0 aliphatic carbocycles. The Hall–Kier alpha value is -1.58. The van der Waals surface area contributed by atoms with E-state index >= 15 is 0 Å². The van der Waals surface area contributed by atoms with Gasteiger partial charge in [0.2, 0.25) is 0 Å². The van der Waals surface area contributed by atoms with Crippen LogP contribution in [0.2, 0.25) is 0 Å². The zero-order valence-corrected chi connectivity index (χ0v) is 18.7. The van der Waals surface area contributed by atoms with Gasteiger partial charge in [-0.15, -0.1) is 0 Å². The van der Waals surface area contributed by atoms with Gasteiger partial charge in [-0.05, 0) is 25.7 Å². The number of allylic oxidation sites excluding steroid dienone is 2. The lowest BCUT2D eigenvalue weighted by atomic mass is 9.97. The summed E-state index contributed by atoms with van der Waals surface area (Å²) >= 11 is 0. The summed E-state index contributed by atoms with van der Waals surface area (Å²) in [5.41, 5.74) is 0. The van der Waals surface area contributed by atoms with Crippen LogP contribution in [-0.4, -0.2) is 23.7 Å². The van der Waals surface area contributed by atoms with Gasteiger partial charge in [-0.2, -0.15) is 0 Å². The molecular formula is C25H44O4. The molecule has 0 aromatic rings. The average molecular weight is 409 g/mol. The van der Waals surface area contributed by atoms with E-state index < -0.39 is 17.9 Å². The fourth-order valence-electron chi connectivity index (χ4n) is 3.43. The largest absolute Gasteiger partial charge is 0.481 e. The van der Waals surface area contributed by atoms with Crippen molar-refractivity contribution in [2.45, 2.75) is 110 Å². The highest BCUT2D eigenvalue weighted by atomic mass is 16.5. The second-order valence-electron chi connectivity index (χ2n) is 7.91. The standard InChI is InChI=1S/C25H44O4/c1-3-5-6-7-8-9-10-11-12-13-14-15-16-17-18-19-20-23(25(27)28)22-24(26)29-21-4-2/h4-6,23H,2-3,7-22H2,1H3,(H,27,28)/b6-5+. The van der Waals surface area contributed by atoms with Gasteiger partial charge in [-0.25, -0.2) is 0 Å². The minimum atomic E-state index is -0.905. The van der Waals surface area contributed by atoms with Crippen molar-refractivity contribution in [3.05, 3.63) is 24.8 Å². The first-order valence-electron chi connectivity index (χ1n) is 11.8. The summed E-state index contributed by atoms with van der Waals surface area (Å²) in [5, 5.41) is 9.24. The van der Waals surface area contributed by atoms with Crippen LogP contribution in [0.3, 0.4) is 0 Å². The van der Waals surface area contributed by atoms with Gasteiger partial charge in [0, 0.05) is 0 Å². The monoisotopic (exact) mass is 408 g/mol. The van der Waals surface area contributed by atoms with Crippen molar-refractivity contribution in [3.8, 4) is 0 Å². The molecule has 0 fully saturated rings. The number of rotatable bonds is 21. The van der Waals surface area contributed by atoms with Gasteiger partial charge >= 0.3 is 11.9 Å². The van der Waals surface area contributed by atoms with Gasteiger partial charge in [0.1, 0.15) is 6.61 Å². The highest BCUT2D eigenvalue weighted by molar-refractivity contribution is 5.78. The average Bonchev–Trinajstić information content (AvgIpc) is 2.70. The number of hydrogen-bond acceptors (Lipinski definition) is 3. The quantitative estimate of drug-likeness (QED) is 0.124. The zero-order chi connectivity index (χ0) is 21.6. The number of carboxylic acid groups (broad SMARTS) is 1. The van der Waals surface area contributed by atoms with Gasteiger partial charge in [-0.1, -0.05) is 102 Å². The van der Waals surface area contributed by atoms with E-state index in [1.165, 1.54) is 70.3 Å². The predicted molar refractivity (Wildman–Crippen MR) is 121 cm³/mol. The molecule has 0 aromatic carbocycles. The van der Waals surface area contributed by atoms with E-state index in [1.54, 1.807) is 0 Å². The Labute approximate surface area is 178 Å². The molecule has 0 aliphatic heterocycles. The third kappa shape index (κ3) is 19.5. The molecule has 4 nitrogen and oxygen atoms in total. The molecule has 29 heavy (non-hydrogen) atoms. The molecule has 168 valence electrons. The Morgan fingerprint density at radius 3 is 1.86 bits per heavy atom. The molecule has 0 aromatic heterocycles. The van der Waals surface area contributed by atoms with Crippen LogP contribution in [0.4, 0.5) is 0 Å². The molecular weight excluding hydrogens is 364 g/mol. The number of carbonyl (C=O) groups excluding carboxylic acids is 1. The third-order valence-corrected chi connectivity index (χ3v) is 5.20. The number of unbranched alkanes of at least 4 members (excludes halogenated alkanes) is 12. The van der Waals surface area contributed by atoms with Gasteiger partial charge in [0.25, 0.3) is 0 Å². The Balaban J connectivity index is 3.46. The molecule has 0 bridgehead atoms. The minimum absolute atomic E-state index is 0.0430. The number of ether oxygens (including phenoxy) is 1. The molecule has 0 amide bonds. The first kappa shape index (κ1) is 27.4. The molecule has 0 aliphatic rings. The highest BCUT2D eigenvalue weighted by Crippen LogP contribution is 2.17. The SMILES string of the molecule is C=CCOC(=O)CC(CCCCCCCCCCCCCC/C=C/CC)C(=O)O. The van der Waals surface area contributed by atoms with Crippen LogP contribution in [0, 0.1) is 5.92 Å². The van der Waals surface area contributed by atoms with Crippen molar-refractivity contribution in [1.29, 1.82) is 0 Å². The van der Waals surface area contributed by atoms with E-state index in [9.17, 15) is 14.7 Å². The Morgan fingerprint density at radius 1 is 0.862 bits per heavy atom. The zero-order valence-electron chi connectivity index (χ0n) is 18.7. The smallest absolute Gasteiger partial charge is 0.307 e. The second kappa shape index (κ2) is 21.1. The predicted octanol–water partition coefficient (Wildman–Crippen LogP) is 7.23. The van der Waals surface area contributed by atoms with Crippen LogP contribution in [0.15, 0.2) is 24.8 Å². The summed E-state index contributed by atoms with van der Waals surface area (Å²) < 4.78 is 4.88. The fraction of sp³-hybridized carbons (Fsp3) is 0.760. The molecule has 1 N–H and O–H groups in total. The van der Waals surface area contributed by atoms with Crippen LogP contribution in [-0.2, 0) is 14.3 Å². The molecule has 4 heteroatoms. The van der Waals surface area contributed by atoms with E-state index in [1.807, 2.05) is 0 Å². The van der Waals surface area contributed by atoms with Crippen molar-refractivity contribution in [2.24, 2.45) is 5.92 Å². The topological polar surface area (TPSA) is 63.6 Å². The van der Waals surface area contributed by atoms with Crippen LogP contribution in [0.25, 0.3) is 0 Å². The molecule has 0 saturated heterocycles. The summed E-state index contributed by atoms with van der Waals surface area (Å²) in [6.07, 6.45) is 23.9. The van der Waals surface area contributed by atoms with Crippen LogP contribution in [0.5, 0.6) is 0 Å². The molecule has 0 saturated carbocycles. The van der Waals surface area contributed by atoms with Gasteiger partial charge in [-0.3, -0.25) is 9.59 Å². The molecule has 0 radical (unpaired) electrons. The van der Waals surface area contributed by atoms with E-state index in [4.69, 9.17) is 4.74 Å². The van der Waals surface area contributed by atoms with E-state index in [0.29, 0.717) is 6.42 Å². The van der Waals surface area contributed by atoms with E-state index in [0.717, 1.165) is 25.7 Å². The van der Waals surface area contributed by atoms with Gasteiger partial charge in [0.05, 0.1) is 12.3 Å². The maximum atomic E-state index is 11.6. The van der Waals surface area contributed by atoms with Crippen molar-refractivity contribution >= 4 is 11.9 Å². The van der Waals surface area contributed by atoms with E-state index in [2.05, 4.69) is 25.7 Å². The second-order valence-corrected chi connectivity index (χ2v) is 7.91. The lowest BCUT2D eigenvalue weighted by molar-refractivity contribution is -0.151. The normalized spacial score (nSPS) is 12.2. The number of carbonyl (C=O) groups is 2. The lowest BCUT2D eigenvalue weighted by Crippen LogP contribution is -2.19. The number of hydrogen-bond donors (Lipinski definition) is 1. The molecule has 0 spiro atoms. The summed E-state index contributed by atoms with van der Waals surface area (Å²) in [6.45, 7) is 5.80. The first-order chi connectivity index (χ1) is 14.1. The summed E-state index contributed by atoms with van der Waals surface area (Å²) in [6, 6.07) is 0. The minimum Gasteiger partial charge on any atom is -0.481 e. The van der Waals surface area contributed by atoms with Gasteiger partial charge in [0.15, 0.2) is 0 Å². The first-order valence-corrected chi connectivity index (χ1v) is 11.8. The Morgan fingerprint density at radius 2 is 1.38 bits per heavy atom. The maximum absolute atomic E-state index is 11.6. The molecule has 1 unspecified atom stereocenters. The fourth-order valence-corrected chi connectivity index (χ4v) is 3.43. The van der Waals surface area contributed by atoms with Crippen molar-refractivity contribution in [1.82, 2.24) is 0 Å². The number of aliphatic carboxylic acids is 1. The molecule has 1 atom stereocenters. The molecule has 0 heterocycles. The molecule has 0 rings (SSSR count). The Kier molecular flexibility index (Phi) is 20.0. The number of esters is 1. The van der Waals surface area contributed by atoms with Crippen LogP contribution in [0.1, 0.15) is 110 Å². The van der Waals surface area contributed by atoms with Crippen LogP contribution >= 0.6 is 0 Å². The lowest BCUT2D eigenvalue weighted by Gasteiger charge is -2.11. The van der Waals surface area contributed by atoms with Crippen molar-refractivity contribution < 1.29 is 19.4 Å². The van der Waals surface area contributed by atoms with Crippen molar-refractivity contribution in [3.63, 3.8) is 0 Å². The van der Waals surface area contributed by atoms with Crippen LogP contribution < -0.4 is 0 Å². The highest BCUT2D eigenvalue weighted by Gasteiger charge is 2.21. The van der Waals surface area contributed by atoms with E-state index in [-0.39, 0.29) is 13.0 Å². The summed E-state index contributed by atoms with van der Waals surface area (Å²) in [7, 11) is 0. The van der Waals surface area contributed by atoms with Crippen molar-refractivity contribution in [2.75, 3.05) is 6.61 Å². The number of carboxylic acids is 1. The Bertz CT molecular complexity index is 442. The van der Waals surface area contributed by atoms with Gasteiger partial charge < -0.3 is 9.84 Å². The summed E-state index contributed by atoms with van der Waals surface area (Å²) in [4.78, 5) is 22.8. The third-order valence-electron chi connectivity index (χ3n) is 5.20.